The molecule has 0 aliphatic heterocycles. The third-order valence-corrected chi connectivity index (χ3v) is 2.57. The molecule has 0 aliphatic rings. The molecule has 0 saturated carbocycles. The zero-order chi connectivity index (χ0) is 12.5. The highest BCUT2D eigenvalue weighted by atomic mass is 16.2. The van der Waals surface area contributed by atoms with Gasteiger partial charge in [0.05, 0.1) is 0 Å². The quantitative estimate of drug-likeness (QED) is 0.726. The van der Waals surface area contributed by atoms with Crippen molar-refractivity contribution in [1.29, 1.82) is 0 Å². The number of hydrogen-bond donors (Lipinski definition) is 1. The summed E-state index contributed by atoms with van der Waals surface area (Å²) in [6.45, 7) is 5.38. The maximum atomic E-state index is 11.8. The Bertz CT molecular complexity index is 348. The van der Waals surface area contributed by atoms with Crippen LogP contribution in [0.1, 0.15) is 12.0 Å². The SMILES string of the molecule is C=CCN(CCc1ccccc1)C(=O)CCN. The lowest BCUT2D eigenvalue weighted by Crippen LogP contribution is -2.34. The molecule has 0 fully saturated rings. The Hall–Kier alpha value is -1.61. The van der Waals surface area contributed by atoms with E-state index < -0.39 is 0 Å². The second-order valence-corrected chi connectivity index (χ2v) is 3.90. The van der Waals surface area contributed by atoms with Gasteiger partial charge in [0, 0.05) is 26.1 Å². The maximum absolute atomic E-state index is 11.8. The van der Waals surface area contributed by atoms with Gasteiger partial charge in [-0.2, -0.15) is 0 Å². The summed E-state index contributed by atoms with van der Waals surface area (Å²) in [5, 5.41) is 0. The predicted molar refractivity (Wildman–Crippen MR) is 70.6 cm³/mol. The lowest BCUT2D eigenvalue weighted by molar-refractivity contribution is -0.130. The smallest absolute Gasteiger partial charge is 0.224 e. The fourth-order valence-corrected chi connectivity index (χ4v) is 1.66. The first-order valence-corrected chi connectivity index (χ1v) is 5.90. The summed E-state index contributed by atoms with van der Waals surface area (Å²) in [6.07, 6.45) is 3.02. The van der Waals surface area contributed by atoms with E-state index >= 15 is 0 Å². The van der Waals surface area contributed by atoms with Crippen LogP contribution in [0.4, 0.5) is 0 Å². The topological polar surface area (TPSA) is 46.3 Å². The van der Waals surface area contributed by atoms with Crippen molar-refractivity contribution in [3.63, 3.8) is 0 Å². The van der Waals surface area contributed by atoms with Crippen molar-refractivity contribution >= 4 is 5.91 Å². The summed E-state index contributed by atoms with van der Waals surface area (Å²) >= 11 is 0. The first-order chi connectivity index (χ1) is 8.27. The molecule has 0 radical (unpaired) electrons. The van der Waals surface area contributed by atoms with E-state index in [4.69, 9.17) is 5.73 Å². The standard InChI is InChI=1S/C14H20N2O/c1-2-11-16(14(17)8-10-15)12-9-13-6-4-3-5-7-13/h2-7H,1,8-12,15H2. The Labute approximate surface area is 103 Å². The van der Waals surface area contributed by atoms with Crippen molar-refractivity contribution in [2.24, 2.45) is 5.73 Å². The van der Waals surface area contributed by atoms with Crippen molar-refractivity contribution in [3.8, 4) is 0 Å². The lowest BCUT2D eigenvalue weighted by Gasteiger charge is -2.20. The van der Waals surface area contributed by atoms with Crippen molar-refractivity contribution in [2.75, 3.05) is 19.6 Å². The van der Waals surface area contributed by atoms with Crippen molar-refractivity contribution in [3.05, 3.63) is 48.6 Å². The minimum atomic E-state index is 0.100. The van der Waals surface area contributed by atoms with Gasteiger partial charge >= 0.3 is 0 Å². The van der Waals surface area contributed by atoms with Crippen LogP contribution < -0.4 is 5.73 Å². The van der Waals surface area contributed by atoms with Gasteiger partial charge in [0.1, 0.15) is 0 Å². The van der Waals surface area contributed by atoms with Gasteiger partial charge < -0.3 is 10.6 Å². The molecule has 92 valence electrons. The van der Waals surface area contributed by atoms with Crippen LogP contribution in [-0.2, 0) is 11.2 Å². The Morgan fingerprint density at radius 3 is 2.65 bits per heavy atom. The third kappa shape index (κ3) is 4.83. The number of amides is 1. The molecule has 3 nitrogen and oxygen atoms in total. The first kappa shape index (κ1) is 13.5. The molecule has 1 aromatic rings. The molecule has 1 aromatic carbocycles. The first-order valence-electron chi connectivity index (χ1n) is 5.90. The second kappa shape index (κ2) is 7.63. The van der Waals surface area contributed by atoms with Gasteiger partial charge in [-0.3, -0.25) is 4.79 Å². The highest BCUT2D eigenvalue weighted by molar-refractivity contribution is 5.76. The number of nitrogens with zero attached hydrogens (tertiary/aromatic N) is 1. The Morgan fingerprint density at radius 2 is 2.06 bits per heavy atom. The van der Waals surface area contributed by atoms with Crippen LogP contribution in [0, 0.1) is 0 Å². The molecule has 0 spiro atoms. The number of rotatable bonds is 7. The molecular formula is C14H20N2O. The molecule has 0 aromatic heterocycles. The zero-order valence-electron chi connectivity index (χ0n) is 10.1. The van der Waals surface area contributed by atoms with E-state index in [1.165, 1.54) is 5.56 Å². The minimum Gasteiger partial charge on any atom is -0.339 e. The maximum Gasteiger partial charge on any atom is 0.224 e. The van der Waals surface area contributed by atoms with Gasteiger partial charge in [-0.1, -0.05) is 36.4 Å². The lowest BCUT2D eigenvalue weighted by atomic mass is 10.1. The number of benzene rings is 1. The molecule has 0 aliphatic carbocycles. The van der Waals surface area contributed by atoms with E-state index in [2.05, 4.69) is 18.7 Å². The van der Waals surface area contributed by atoms with E-state index in [1.807, 2.05) is 18.2 Å². The summed E-state index contributed by atoms with van der Waals surface area (Å²) in [7, 11) is 0. The van der Waals surface area contributed by atoms with Crippen molar-refractivity contribution < 1.29 is 4.79 Å². The Kier molecular flexibility index (Phi) is 6.04. The summed E-state index contributed by atoms with van der Waals surface area (Å²) in [6, 6.07) is 10.1. The molecule has 17 heavy (non-hydrogen) atoms. The van der Waals surface area contributed by atoms with Crippen LogP contribution in [0.25, 0.3) is 0 Å². The summed E-state index contributed by atoms with van der Waals surface area (Å²) in [4.78, 5) is 13.6. The van der Waals surface area contributed by atoms with Gasteiger partial charge in [-0.25, -0.2) is 0 Å². The van der Waals surface area contributed by atoms with Crippen molar-refractivity contribution in [2.45, 2.75) is 12.8 Å². The molecule has 3 heteroatoms. The number of hydrogen-bond acceptors (Lipinski definition) is 2. The van der Waals surface area contributed by atoms with Gasteiger partial charge in [0.15, 0.2) is 0 Å². The molecule has 1 rings (SSSR count). The van der Waals surface area contributed by atoms with E-state index in [-0.39, 0.29) is 5.91 Å². The number of carbonyl (C=O) groups is 1. The molecule has 0 bridgehead atoms. The third-order valence-electron chi connectivity index (χ3n) is 2.57. The summed E-state index contributed by atoms with van der Waals surface area (Å²) < 4.78 is 0. The average molecular weight is 232 g/mol. The van der Waals surface area contributed by atoms with E-state index in [0.717, 1.165) is 13.0 Å². The molecule has 0 atom stereocenters. The van der Waals surface area contributed by atoms with E-state index in [9.17, 15) is 4.79 Å². The highest BCUT2D eigenvalue weighted by Crippen LogP contribution is 2.03. The Morgan fingerprint density at radius 1 is 1.35 bits per heavy atom. The Balaban J connectivity index is 2.49. The van der Waals surface area contributed by atoms with Gasteiger partial charge in [-0.15, -0.1) is 6.58 Å². The van der Waals surface area contributed by atoms with Gasteiger partial charge in [0.25, 0.3) is 0 Å². The van der Waals surface area contributed by atoms with Crippen molar-refractivity contribution in [1.82, 2.24) is 4.90 Å². The normalized spacial score (nSPS) is 9.94. The van der Waals surface area contributed by atoms with E-state index in [0.29, 0.717) is 19.5 Å². The van der Waals surface area contributed by atoms with Crippen LogP contribution in [0.5, 0.6) is 0 Å². The fourth-order valence-electron chi connectivity index (χ4n) is 1.66. The second-order valence-electron chi connectivity index (χ2n) is 3.90. The molecule has 0 saturated heterocycles. The number of nitrogens with two attached hydrogens (primary N) is 1. The van der Waals surface area contributed by atoms with Gasteiger partial charge in [-0.05, 0) is 12.0 Å². The molecule has 0 heterocycles. The predicted octanol–water partition coefficient (Wildman–Crippen LogP) is 1.59. The molecule has 1 amide bonds. The fraction of sp³-hybridized carbons (Fsp3) is 0.357. The molecular weight excluding hydrogens is 212 g/mol. The van der Waals surface area contributed by atoms with Gasteiger partial charge in [0.2, 0.25) is 5.91 Å². The number of carbonyl (C=O) groups excluding carboxylic acids is 1. The van der Waals surface area contributed by atoms with E-state index in [1.54, 1.807) is 11.0 Å². The van der Waals surface area contributed by atoms with Crippen LogP contribution in [0.2, 0.25) is 0 Å². The van der Waals surface area contributed by atoms with Crippen LogP contribution in [-0.4, -0.2) is 30.4 Å². The summed E-state index contributed by atoms with van der Waals surface area (Å²) in [5.41, 5.74) is 6.64. The monoisotopic (exact) mass is 232 g/mol. The van der Waals surface area contributed by atoms with Crippen LogP contribution >= 0.6 is 0 Å². The van der Waals surface area contributed by atoms with Crippen LogP contribution in [0.15, 0.2) is 43.0 Å². The summed E-state index contributed by atoms with van der Waals surface area (Å²) in [5.74, 6) is 0.100. The molecule has 2 N–H and O–H groups in total. The largest absolute Gasteiger partial charge is 0.339 e. The average Bonchev–Trinajstić information content (AvgIpc) is 2.36. The zero-order valence-corrected chi connectivity index (χ0v) is 10.1. The molecule has 0 unspecified atom stereocenters. The van der Waals surface area contributed by atoms with Crippen LogP contribution in [0.3, 0.4) is 0 Å². The highest BCUT2D eigenvalue weighted by Gasteiger charge is 2.10. The minimum absolute atomic E-state index is 0.100.